The minimum absolute atomic E-state index is 0.0400. The second kappa shape index (κ2) is 7.64. The van der Waals surface area contributed by atoms with Gasteiger partial charge in [0.15, 0.2) is 0 Å². The van der Waals surface area contributed by atoms with Gasteiger partial charge in [0.05, 0.1) is 29.6 Å². The Morgan fingerprint density at radius 1 is 1.32 bits per heavy atom. The molecule has 6 heteroatoms. The highest BCUT2D eigenvalue weighted by Crippen LogP contribution is 2.39. The molecule has 0 fully saturated rings. The number of rotatable bonds is 5. The van der Waals surface area contributed by atoms with Gasteiger partial charge in [-0.1, -0.05) is 30.4 Å². The second-order valence-electron chi connectivity index (χ2n) is 7.23. The molecule has 0 saturated heterocycles. The lowest BCUT2D eigenvalue weighted by atomic mass is 9.88. The lowest BCUT2D eigenvalue weighted by Crippen LogP contribution is -2.23. The summed E-state index contributed by atoms with van der Waals surface area (Å²) in [7, 11) is 3.48. The quantitative estimate of drug-likeness (QED) is 0.618. The molecule has 0 bridgehead atoms. The van der Waals surface area contributed by atoms with Crippen LogP contribution >= 0.6 is 0 Å². The molecule has 1 aromatic carbocycles. The number of anilines is 1. The Morgan fingerprint density at radius 2 is 2.14 bits per heavy atom. The van der Waals surface area contributed by atoms with Crippen LogP contribution in [0.25, 0.3) is 10.9 Å². The van der Waals surface area contributed by atoms with Crippen LogP contribution in [0.3, 0.4) is 0 Å². The zero-order chi connectivity index (χ0) is 19.7. The standard InChI is InChI=1S/C22H26N4O2/c1-26-18-8-4-3-7-15(18)20(24-12-6-5-11-23)19-16-13-14(22(27)28-2)9-10-17(16)25-21(19)26/h3-4,7-10,13,16-17,25H,5-6,11-12,23H2,1-2H3. The lowest BCUT2D eigenvalue weighted by molar-refractivity contribution is -0.135. The average molecular weight is 378 g/mol. The SMILES string of the molecule is COC(=O)C1=CC2c3c(n(C)c4ccccc4c3=NCCCCN)NC2C=C1. The van der Waals surface area contributed by atoms with Crippen LogP contribution in [0, 0.1) is 0 Å². The summed E-state index contributed by atoms with van der Waals surface area (Å²) in [6.45, 7) is 1.42. The molecular formula is C22H26N4O2. The molecular weight excluding hydrogens is 352 g/mol. The first-order valence-corrected chi connectivity index (χ1v) is 9.72. The third-order valence-electron chi connectivity index (χ3n) is 5.54. The minimum atomic E-state index is -0.310. The summed E-state index contributed by atoms with van der Waals surface area (Å²) in [5.41, 5.74) is 8.50. The molecule has 0 spiro atoms. The number of carbonyl (C=O) groups is 1. The number of ether oxygens (including phenoxy) is 1. The van der Waals surface area contributed by atoms with Crippen LogP contribution in [0.1, 0.15) is 24.3 Å². The molecule has 2 aromatic rings. The van der Waals surface area contributed by atoms with Gasteiger partial charge in [0, 0.05) is 30.5 Å². The molecule has 6 nitrogen and oxygen atoms in total. The van der Waals surface area contributed by atoms with Gasteiger partial charge < -0.3 is 20.4 Å². The number of hydrogen-bond donors (Lipinski definition) is 2. The van der Waals surface area contributed by atoms with Crippen LogP contribution in [0.4, 0.5) is 5.82 Å². The maximum Gasteiger partial charge on any atom is 0.337 e. The Morgan fingerprint density at radius 3 is 2.93 bits per heavy atom. The number of esters is 1. The van der Waals surface area contributed by atoms with Crippen LogP contribution in [0.5, 0.6) is 0 Å². The number of benzene rings is 1. The topological polar surface area (TPSA) is 81.6 Å². The summed E-state index contributed by atoms with van der Waals surface area (Å²) in [6, 6.07) is 8.43. The number of unbranched alkanes of at least 4 members (excludes halogenated alkanes) is 1. The third-order valence-corrected chi connectivity index (χ3v) is 5.54. The molecule has 1 aliphatic carbocycles. The number of carbonyl (C=O) groups excluding carboxylic acids is 1. The van der Waals surface area contributed by atoms with E-state index in [0.29, 0.717) is 12.1 Å². The fourth-order valence-electron chi connectivity index (χ4n) is 4.12. The smallest absolute Gasteiger partial charge is 0.337 e. The summed E-state index contributed by atoms with van der Waals surface area (Å²) < 4.78 is 7.10. The van der Waals surface area contributed by atoms with Gasteiger partial charge in [-0.3, -0.25) is 4.99 Å². The molecule has 28 heavy (non-hydrogen) atoms. The molecule has 2 unspecified atom stereocenters. The Labute approximate surface area is 164 Å². The van der Waals surface area contributed by atoms with Crippen molar-refractivity contribution >= 4 is 22.7 Å². The normalized spacial score (nSPS) is 20.5. The molecule has 146 valence electrons. The number of para-hydroxylation sites is 1. The molecule has 3 N–H and O–H groups in total. The number of nitrogens with zero attached hydrogens (tertiary/aromatic N) is 2. The molecule has 4 rings (SSSR count). The number of nitrogens with two attached hydrogens (primary N) is 1. The van der Waals surface area contributed by atoms with Crippen molar-refractivity contribution in [2.45, 2.75) is 24.8 Å². The number of aromatic nitrogens is 1. The van der Waals surface area contributed by atoms with Gasteiger partial charge in [-0.2, -0.15) is 0 Å². The van der Waals surface area contributed by atoms with E-state index in [1.54, 1.807) is 0 Å². The predicted octanol–water partition coefficient (Wildman–Crippen LogP) is 2.36. The Hall–Kier alpha value is -2.86. The van der Waals surface area contributed by atoms with Gasteiger partial charge in [-0.15, -0.1) is 0 Å². The van der Waals surface area contributed by atoms with E-state index in [-0.39, 0.29) is 17.9 Å². The summed E-state index contributed by atoms with van der Waals surface area (Å²) in [5, 5.41) is 5.75. The molecule has 0 saturated carbocycles. The van der Waals surface area contributed by atoms with Gasteiger partial charge in [-0.25, -0.2) is 4.79 Å². The van der Waals surface area contributed by atoms with E-state index in [4.69, 9.17) is 15.5 Å². The Balaban J connectivity index is 1.91. The first kappa shape index (κ1) is 18.5. The molecule has 2 atom stereocenters. The Kier molecular flexibility index (Phi) is 5.05. The van der Waals surface area contributed by atoms with Crippen molar-refractivity contribution in [1.29, 1.82) is 0 Å². The third kappa shape index (κ3) is 3.03. The molecule has 2 heterocycles. The van der Waals surface area contributed by atoms with Gasteiger partial charge in [-0.05, 0) is 31.5 Å². The fourth-order valence-corrected chi connectivity index (χ4v) is 4.12. The van der Waals surface area contributed by atoms with Crippen molar-refractivity contribution in [2.75, 3.05) is 25.5 Å². The first-order valence-electron chi connectivity index (χ1n) is 9.72. The van der Waals surface area contributed by atoms with Crippen LogP contribution < -0.4 is 16.4 Å². The van der Waals surface area contributed by atoms with Crippen LogP contribution in [-0.4, -0.2) is 36.8 Å². The van der Waals surface area contributed by atoms with E-state index < -0.39 is 0 Å². The maximum atomic E-state index is 12.1. The van der Waals surface area contributed by atoms with E-state index in [9.17, 15) is 4.79 Å². The average Bonchev–Trinajstić information content (AvgIpc) is 3.11. The van der Waals surface area contributed by atoms with Crippen molar-refractivity contribution in [3.63, 3.8) is 0 Å². The van der Waals surface area contributed by atoms with Crippen molar-refractivity contribution in [2.24, 2.45) is 17.8 Å². The molecule has 1 aromatic heterocycles. The summed E-state index contributed by atoms with van der Waals surface area (Å²) in [6.07, 6.45) is 7.81. The highest BCUT2D eigenvalue weighted by Gasteiger charge is 2.35. The molecule has 0 radical (unpaired) electrons. The summed E-state index contributed by atoms with van der Waals surface area (Å²) in [5.74, 6) is 0.784. The lowest BCUT2D eigenvalue weighted by Gasteiger charge is -2.18. The zero-order valence-corrected chi connectivity index (χ0v) is 16.3. The van der Waals surface area contributed by atoms with Gasteiger partial charge >= 0.3 is 5.97 Å². The Bertz CT molecular complexity index is 1050. The largest absolute Gasteiger partial charge is 0.465 e. The zero-order valence-electron chi connectivity index (χ0n) is 16.3. The van der Waals surface area contributed by atoms with Crippen molar-refractivity contribution < 1.29 is 9.53 Å². The summed E-state index contributed by atoms with van der Waals surface area (Å²) >= 11 is 0. The van der Waals surface area contributed by atoms with Gasteiger partial charge in [0.1, 0.15) is 5.82 Å². The van der Waals surface area contributed by atoms with Crippen LogP contribution in [0.15, 0.2) is 53.1 Å². The number of nitrogens with one attached hydrogen (secondary N) is 1. The number of hydrogen-bond acceptors (Lipinski definition) is 5. The van der Waals surface area contributed by atoms with Crippen molar-refractivity contribution in [3.8, 4) is 0 Å². The first-order chi connectivity index (χ1) is 13.7. The highest BCUT2D eigenvalue weighted by molar-refractivity contribution is 5.93. The van der Waals surface area contributed by atoms with Crippen LogP contribution in [-0.2, 0) is 16.6 Å². The predicted molar refractivity (Wildman–Crippen MR) is 111 cm³/mol. The van der Waals surface area contributed by atoms with Crippen molar-refractivity contribution in [1.82, 2.24) is 4.57 Å². The number of aryl methyl sites for hydroxylation is 1. The highest BCUT2D eigenvalue weighted by atomic mass is 16.5. The van der Waals surface area contributed by atoms with Gasteiger partial charge in [0.2, 0.25) is 0 Å². The number of pyridine rings is 1. The van der Waals surface area contributed by atoms with E-state index in [1.807, 2.05) is 30.4 Å². The van der Waals surface area contributed by atoms with E-state index in [2.05, 4.69) is 29.1 Å². The fraction of sp³-hybridized carbons (Fsp3) is 0.364. The second-order valence-corrected chi connectivity index (χ2v) is 7.23. The monoisotopic (exact) mass is 378 g/mol. The van der Waals surface area contributed by atoms with Crippen LogP contribution in [0.2, 0.25) is 0 Å². The number of methoxy groups -OCH3 is 1. The van der Waals surface area contributed by atoms with E-state index in [0.717, 1.165) is 47.0 Å². The van der Waals surface area contributed by atoms with Gasteiger partial charge in [0.25, 0.3) is 0 Å². The molecule has 1 aliphatic heterocycles. The number of fused-ring (bicyclic) bond motifs is 4. The maximum absolute atomic E-state index is 12.1. The summed E-state index contributed by atoms with van der Waals surface area (Å²) in [4.78, 5) is 17.1. The molecule has 2 aliphatic rings. The van der Waals surface area contributed by atoms with E-state index >= 15 is 0 Å². The molecule has 0 amide bonds. The minimum Gasteiger partial charge on any atom is -0.465 e. The van der Waals surface area contributed by atoms with Crippen molar-refractivity contribution in [3.05, 3.63) is 59.0 Å². The van der Waals surface area contributed by atoms with E-state index in [1.165, 1.54) is 7.11 Å².